The summed E-state index contributed by atoms with van der Waals surface area (Å²) in [4.78, 5) is 0. The first-order valence-corrected chi connectivity index (χ1v) is 18.3. The molecule has 0 N–H and O–H groups in total. The molecule has 0 bridgehead atoms. The van der Waals surface area contributed by atoms with E-state index < -0.39 is 0 Å². The van der Waals surface area contributed by atoms with E-state index in [-0.39, 0.29) is 0 Å². The fourth-order valence-electron chi connectivity index (χ4n) is 8.98. The molecule has 236 valence electrons. The summed E-state index contributed by atoms with van der Waals surface area (Å²) in [6, 6.07) is 62.9. The highest BCUT2D eigenvalue weighted by Crippen LogP contribution is 2.46. The summed E-state index contributed by atoms with van der Waals surface area (Å²) in [5.41, 5.74) is 7.21. The maximum absolute atomic E-state index is 2.54. The summed E-state index contributed by atoms with van der Waals surface area (Å²) in [6.07, 6.45) is 0. The predicted molar refractivity (Wildman–Crippen MR) is 221 cm³/mol. The number of fused-ring (bicyclic) bond motifs is 16. The molecule has 0 atom stereocenters. The van der Waals surface area contributed by atoms with Crippen LogP contribution in [0.4, 0.5) is 0 Å². The van der Waals surface area contributed by atoms with Gasteiger partial charge in [0.1, 0.15) is 0 Å². The Balaban J connectivity index is 1.29. The molecule has 0 aliphatic rings. The van der Waals surface area contributed by atoms with E-state index in [4.69, 9.17) is 0 Å². The Bertz CT molecular complexity index is 3340. The molecule has 3 heterocycles. The fraction of sp³-hybridized carbons (Fsp3) is 0. The van der Waals surface area contributed by atoms with Gasteiger partial charge in [-0.1, -0.05) is 127 Å². The maximum Gasteiger partial charge on any atom is 0.0782 e. The average molecular weight is 665 g/mol. The normalized spacial score (nSPS) is 12.3. The number of thiophene rings is 1. The molecule has 3 heteroatoms. The van der Waals surface area contributed by atoms with Gasteiger partial charge in [0.05, 0.1) is 27.8 Å². The summed E-state index contributed by atoms with van der Waals surface area (Å²) in [5.74, 6) is 0. The van der Waals surface area contributed by atoms with E-state index in [2.05, 4.69) is 179 Å². The number of benzene rings is 9. The molecule has 0 fully saturated rings. The van der Waals surface area contributed by atoms with Crippen LogP contribution < -0.4 is 0 Å². The second kappa shape index (κ2) is 10.1. The van der Waals surface area contributed by atoms with Crippen molar-refractivity contribution in [1.82, 2.24) is 9.13 Å². The zero-order valence-electron chi connectivity index (χ0n) is 27.5. The molecule has 0 amide bonds. The van der Waals surface area contributed by atoms with Crippen LogP contribution >= 0.6 is 11.3 Å². The van der Waals surface area contributed by atoms with Gasteiger partial charge in [-0.2, -0.15) is 0 Å². The number of hydrogen-bond donors (Lipinski definition) is 0. The first kappa shape index (κ1) is 27.4. The molecule has 3 aromatic heterocycles. The molecule has 0 spiro atoms. The SMILES string of the molecule is c1ccc2c(c1)sc1c2ccc2c1c1cccc(-n3c4ccccc4c4ccccc43)c1n2-c1ccc2c3ccccc3c3ccccc3c2c1. The Morgan fingerprint density at radius 2 is 0.863 bits per heavy atom. The topological polar surface area (TPSA) is 9.86 Å². The highest BCUT2D eigenvalue weighted by Gasteiger charge is 2.23. The van der Waals surface area contributed by atoms with Crippen molar-refractivity contribution < 1.29 is 0 Å². The lowest BCUT2D eigenvalue weighted by Gasteiger charge is -2.16. The quantitative estimate of drug-likeness (QED) is 0.163. The van der Waals surface area contributed by atoms with Gasteiger partial charge in [-0.3, -0.25) is 0 Å². The standard InChI is InChI=1S/C48H28N2S/c1-2-14-32-30(12-1)31-13-3-4-15-33(31)40-28-29(24-25-34(32)40)49-43-27-26-38-37-18-7-10-23-45(37)51-48(38)46(43)39-19-11-22-44(47(39)49)50-41-20-8-5-16-35(41)36-17-6-9-21-42(36)50/h1-28H. The van der Waals surface area contributed by atoms with E-state index in [9.17, 15) is 0 Å². The van der Waals surface area contributed by atoms with Gasteiger partial charge in [-0.25, -0.2) is 0 Å². The van der Waals surface area contributed by atoms with Crippen molar-refractivity contribution in [2.45, 2.75) is 0 Å². The van der Waals surface area contributed by atoms with E-state index in [0.29, 0.717) is 0 Å². The summed E-state index contributed by atoms with van der Waals surface area (Å²) in [6.45, 7) is 0. The Morgan fingerprint density at radius 3 is 1.55 bits per heavy atom. The molecule has 0 saturated heterocycles. The molecule has 9 aromatic carbocycles. The van der Waals surface area contributed by atoms with Gasteiger partial charge >= 0.3 is 0 Å². The Labute approximate surface area is 296 Å². The van der Waals surface area contributed by atoms with Crippen LogP contribution in [-0.4, -0.2) is 9.13 Å². The lowest BCUT2D eigenvalue weighted by Crippen LogP contribution is -2.00. The zero-order valence-corrected chi connectivity index (χ0v) is 28.3. The summed E-state index contributed by atoms with van der Waals surface area (Å²) in [7, 11) is 0. The van der Waals surface area contributed by atoms with Crippen molar-refractivity contribution >= 4 is 107 Å². The van der Waals surface area contributed by atoms with Gasteiger partial charge in [-0.15, -0.1) is 11.3 Å². The van der Waals surface area contributed by atoms with E-state index in [0.717, 1.165) is 5.69 Å². The monoisotopic (exact) mass is 664 g/mol. The number of nitrogens with zero attached hydrogens (tertiary/aromatic N) is 2. The summed E-state index contributed by atoms with van der Waals surface area (Å²) < 4.78 is 7.68. The molecule has 12 aromatic rings. The van der Waals surface area contributed by atoms with Gasteiger partial charge in [-0.05, 0) is 74.8 Å². The minimum Gasteiger partial charge on any atom is -0.307 e. The Morgan fingerprint density at radius 1 is 0.333 bits per heavy atom. The molecule has 51 heavy (non-hydrogen) atoms. The largest absolute Gasteiger partial charge is 0.307 e. The molecule has 12 rings (SSSR count). The van der Waals surface area contributed by atoms with Crippen LogP contribution in [0.15, 0.2) is 170 Å². The van der Waals surface area contributed by atoms with Crippen LogP contribution in [0.25, 0.3) is 107 Å². The van der Waals surface area contributed by atoms with Gasteiger partial charge < -0.3 is 9.13 Å². The molecule has 0 unspecified atom stereocenters. The van der Waals surface area contributed by atoms with Crippen molar-refractivity contribution in [3.05, 3.63) is 170 Å². The van der Waals surface area contributed by atoms with E-state index >= 15 is 0 Å². The second-order valence-electron chi connectivity index (χ2n) is 13.6. The van der Waals surface area contributed by atoms with Gasteiger partial charge in [0.15, 0.2) is 0 Å². The average Bonchev–Trinajstić information content (AvgIpc) is 3.86. The molecule has 0 radical (unpaired) electrons. The predicted octanol–water partition coefficient (Wildman–Crippen LogP) is 13.7. The third-order valence-corrected chi connectivity index (χ3v) is 12.3. The Kier molecular flexibility index (Phi) is 5.41. The number of rotatable bonds is 2. The van der Waals surface area contributed by atoms with E-state index in [1.54, 1.807) is 0 Å². The lowest BCUT2D eigenvalue weighted by molar-refractivity contribution is 1.13. The van der Waals surface area contributed by atoms with Crippen LogP contribution in [0.3, 0.4) is 0 Å². The van der Waals surface area contributed by atoms with E-state index in [1.165, 1.54) is 102 Å². The lowest BCUT2D eigenvalue weighted by atomic mass is 9.94. The zero-order chi connectivity index (χ0) is 33.2. The second-order valence-corrected chi connectivity index (χ2v) is 14.7. The van der Waals surface area contributed by atoms with Crippen molar-refractivity contribution in [2.75, 3.05) is 0 Å². The summed E-state index contributed by atoms with van der Waals surface area (Å²) >= 11 is 1.91. The van der Waals surface area contributed by atoms with Crippen LogP contribution in [0.1, 0.15) is 0 Å². The van der Waals surface area contributed by atoms with Crippen LogP contribution in [-0.2, 0) is 0 Å². The first-order chi connectivity index (χ1) is 25.3. The number of hydrogen-bond acceptors (Lipinski definition) is 1. The third kappa shape index (κ3) is 3.60. The van der Waals surface area contributed by atoms with Gasteiger partial charge in [0, 0.05) is 47.4 Å². The minimum absolute atomic E-state index is 1.16. The molecular weight excluding hydrogens is 637 g/mol. The van der Waals surface area contributed by atoms with Crippen molar-refractivity contribution in [3.8, 4) is 11.4 Å². The van der Waals surface area contributed by atoms with Crippen LogP contribution in [0, 0.1) is 0 Å². The number of para-hydroxylation sites is 3. The smallest absolute Gasteiger partial charge is 0.0782 e. The summed E-state index contributed by atoms with van der Waals surface area (Å²) in [5, 5.41) is 15.5. The first-order valence-electron chi connectivity index (χ1n) is 17.5. The minimum atomic E-state index is 1.16. The van der Waals surface area contributed by atoms with Crippen molar-refractivity contribution in [3.63, 3.8) is 0 Å². The molecule has 0 aliphatic heterocycles. The highest BCUT2D eigenvalue weighted by molar-refractivity contribution is 7.26. The number of aromatic nitrogens is 2. The Hall–Kier alpha value is -6.42. The van der Waals surface area contributed by atoms with Gasteiger partial charge in [0.25, 0.3) is 0 Å². The van der Waals surface area contributed by atoms with Crippen LogP contribution in [0.5, 0.6) is 0 Å². The maximum atomic E-state index is 2.54. The van der Waals surface area contributed by atoms with Crippen molar-refractivity contribution in [2.24, 2.45) is 0 Å². The van der Waals surface area contributed by atoms with Crippen LogP contribution in [0.2, 0.25) is 0 Å². The van der Waals surface area contributed by atoms with E-state index in [1.807, 2.05) is 11.3 Å². The molecule has 0 saturated carbocycles. The fourth-order valence-corrected chi connectivity index (χ4v) is 10.2. The molecule has 2 nitrogen and oxygen atoms in total. The highest BCUT2D eigenvalue weighted by atomic mass is 32.1. The third-order valence-electron chi connectivity index (χ3n) is 11.1. The van der Waals surface area contributed by atoms with Crippen molar-refractivity contribution in [1.29, 1.82) is 0 Å². The molecular formula is C48H28N2S. The molecule has 0 aliphatic carbocycles. The van der Waals surface area contributed by atoms with Gasteiger partial charge in [0.2, 0.25) is 0 Å².